The summed E-state index contributed by atoms with van der Waals surface area (Å²) in [5, 5.41) is 3.96. The van der Waals surface area contributed by atoms with E-state index in [1.165, 1.54) is 27.8 Å². The quantitative estimate of drug-likeness (QED) is 0.447. The summed E-state index contributed by atoms with van der Waals surface area (Å²) in [6.07, 6.45) is 4.35. The van der Waals surface area contributed by atoms with Gasteiger partial charge in [-0.3, -0.25) is 9.69 Å². The number of benzene rings is 2. The van der Waals surface area contributed by atoms with E-state index in [0.29, 0.717) is 5.69 Å². The van der Waals surface area contributed by atoms with E-state index in [0.717, 1.165) is 43.4 Å². The van der Waals surface area contributed by atoms with Gasteiger partial charge in [-0.1, -0.05) is 60.7 Å². The fourth-order valence-electron chi connectivity index (χ4n) is 4.18. The van der Waals surface area contributed by atoms with Gasteiger partial charge in [-0.2, -0.15) is 0 Å². The first kappa shape index (κ1) is 20.7. The number of thiazole rings is 1. The summed E-state index contributed by atoms with van der Waals surface area (Å²) in [4.78, 5) is 22.0. The Balaban J connectivity index is 1.20. The molecule has 0 atom stereocenters. The van der Waals surface area contributed by atoms with E-state index in [4.69, 9.17) is 4.98 Å². The Kier molecular flexibility index (Phi) is 5.88. The number of nitrogens with zero attached hydrogens (tertiary/aromatic N) is 4. The molecule has 0 aliphatic carbocycles. The molecular weight excluding hydrogens is 416 g/mol. The minimum absolute atomic E-state index is 0.0331. The molecule has 5 rings (SSSR count). The second kappa shape index (κ2) is 9.10. The number of hydrogen-bond acceptors (Lipinski definition) is 4. The number of piperazine rings is 1. The third-order valence-corrected chi connectivity index (χ3v) is 6.89. The molecule has 5 nitrogen and oxygen atoms in total. The Bertz CT molecular complexity index is 1250. The lowest BCUT2D eigenvalue weighted by Gasteiger charge is -2.33. The van der Waals surface area contributed by atoms with E-state index in [9.17, 15) is 4.79 Å². The van der Waals surface area contributed by atoms with Crippen LogP contribution in [0.25, 0.3) is 27.7 Å². The van der Waals surface area contributed by atoms with Crippen molar-refractivity contribution in [2.45, 2.75) is 0 Å². The van der Waals surface area contributed by atoms with Crippen molar-refractivity contribution in [2.24, 2.45) is 7.05 Å². The lowest BCUT2D eigenvalue weighted by molar-refractivity contribution is 0.0645. The summed E-state index contributed by atoms with van der Waals surface area (Å²) in [7, 11) is 2.05. The molecule has 1 aliphatic heterocycles. The maximum Gasteiger partial charge on any atom is 0.273 e. The van der Waals surface area contributed by atoms with Crippen LogP contribution in [0, 0.1) is 0 Å². The first-order chi connectivity index (χ1) is 15.7. The minimum Gasteiger partial charge on any atom is -0.342 e. The molecule has 4 aromatic rings. The molecule has 0 bridgehead atoms. The van der Waals surface area contributed by atoms with Gasteiger partial charge in [0.1, 0.15) is 10.7 Å². The standard InChI is InChI=1S/C26H26N4OS/c1-28-23-12-6-5-11-21(23)18-24(28)25-27-22(19-32-25)26(31)30-16-14-29(15-17-30)13-7-10-20-8-3-2-4-9-20/h2-12,18-19H,13-17H2,1H3/b10-7+. The van der Waals surface area contributed by atoms with Crippen molar-refractivity contribution in [1.29, 1.82) is 0 Å². The molecule has 2 aromatic heterocycles. The second-order valence-corrected chi connectivity index (χ2v) is 8.95. The molecule has 1 saturated heterocycles. The average molecular weight is 443 g/mol. The van der Waals surface area contributed by atoms with Gasteiger partial charge >= 0.3 is 0 Å². The van der Waals surface area contributed by atoms with Gasteiger partial charge in [-0.15, -0.1) is 11.3 Å². The molecule has 0 saturated carbocycles. The number of aromatic nitrogens is 2. The van der Waals surface area contributed by atoms with Crippen LogP contribution in [-0.4, -0.2) is 58.0 Å². The molecule has 1 aliphatic rings. The zero-order valence-corrected chi connectivity index (χ0v) is 19.0. The van der Waals surface area contributed by atoms with Crippen molar-refractivity contribution < 1.29 is 4.79 Å². The number of carbonyl (C=O) groups excluding carboxylic acids is 1. The number of fused-ring (bicyclic) bond motifs is 1. The minimum atomic E-state index is 0.0331. The van der Waals surface area contributed by atoms with Crippen molar-refractivity contribution in [3.63, 3.8) is 0 Å². The van der Waals surface area contributed by atoms with E-state index >= 15 is 0 Å². The third-order valence-electron chi connectivity index (χ3n) is 6.03. The SMILES string of the molecule is Cn1c(-c2nc(C(=O)N3CCN(C/C=C/c4ccccc4)CC3)cs2)cc2ccccc21. The van der Waals surface area contributed by atoms with Gasteiger partial charge in [0, 0.05) is 56.1 Å². The van der Waals surface area contributed by atoms with Crippen LogP contribution in [0.4, 0.5) is 0 Å². The van der Waals surface area contributed by atoms with Gasteiger partial charge in [0.25, 0.3) is 5.91 Å². The molecule has 0 radical (unpaired) electrons. The summed E-state index contributed by atoms with van der Waals surface area (Å²) in [5.41, 5.74) is 3.98. The number of aryl methyl sites for hydroxylation is 1. The Morgan fingerprint density at radius 2 is 1.78 bits per heavy atom. The first-order valence-corrected chi connectivity index (χ1v) is 11.8. The largest absolute Gasteiger partial charge is 0.342 e. The van der Waals surface area contributed by atoms with Crippen LogP contribution in [0.1, 0.15) is 16.1 Å². The monoisotopic (exact) mass is 442 g/mol. The van der Waals surface area contributed by atoms with Gasteiger partial charge in [0.2, 0.25) is 0 Å². The molecular formula is C26H26N4OS. The highest BCUT2D eigenvalue weighted by Gasteiger charge is 2.24. The topological polar surface area (TPSA) is 41.4 Å². The molecule has 0 N–H and O–H groups in total. The molecule has 32 heavy (non-hydrogen) atoms. The zero-order valence-electron chi connectivity index (χ0n) is 18.1. The smallest absolute Gasteiger partial charge is 0.273 e. The van der Waals surface area contributed by atoms with Gasteiger partial charge in [0.15, 0.2) is 0 Å². The van der Waals surface area contributed by atoms with Crippen molar-refractivity contribution in [2.75, 3.05) is 32.7 Å². The predicted molar refractivity (Wildman–Crippen MR) is 132 cm³/mol. The maximum absolute atomic E-state index is 13.0. The normalized spacial score (nSPS) is 15.1. The van der Waals surface area contributed by atoms with Crippen LogP contribution in [0.3, 0.4) is 0 Å². The zero-order chi connectivity index (χ0) is 21.9. The van der Waals surface area contributed by atoms with E-state index in [2.05, 4.69) is 52.0 Å². The highest BCUT2D eigenvalue weighted by Crippen LogP contribution is 2.29. The van der Waals surface area contributed by atoms with Crippen LogP contribution in [0.5, 0.6) is 0 Å². The lowest BCUT2D eigenvalue weighted by atomic mass is 10.2. The van der Waals surface area contributed by atoms with Crippen LogP contribution in [-0.2, 0) is 7.05 Å². The van der Waals surface area contributed by atoms with Crippen molar-refractivity contribution in [3.05, 3.63) is 83.4 Å². The number of hydrogen-bond donors (Lipinski definition) is 0. The Labute approximate surface area is 192 Å². The summed E-state index contributed by atoms with van der Waals surface area (Å²) in [5.74, 6) is 0.0331. The molecule has 0 unspecified atom stereocenters. The van der Waals surface area contributed by atoms with Crippen molar-refractivity contribution in [3.8, 4) is 10.7 Å². The number of amides is 1. The number of carbonyl (C=O) groups is 1. The molecule has 6 heteroatoms. The Morgan fingerprint density at radius 1 is 1.03 bits per heavy atom. The van der Waals surface area contributed by atoms with E-state index < -0.39 is 0 Å². The third kappa shape index (κ3) is 4.24. The summed E-state index contributed by atoms with van der Waals surface area (Å²) in [6.45, 7) is 4.13. The van der Waals surface area contributed by atoms with E-state index in [-0.39, 0.29) is 5.91 Å². The van der Waals surface area contributed by atoms with Crippen LogP contribution in [0.15, 0.2) is 72.1 Å². The van der Waals surface area contributed by atoms with E-state index in [1.54, 1.807) is 0 Å². The van der Waals surface area contributed by atoms with Crippen LogP contribution in [0.2, 0.25) is 0 Å². The van der Waals surface area contributed by atoms with Crippen LogP contribution >= 0.6 is 11.3 Å². The second-order valence-electron chi connectivity index (χ2n) is 8.09. The molecule has 3 heterocycles. The highest BCUT2D eigenvalue weighted by molar-refractivity contribution is 7.13. The number of para-hydroxylation sites is 1. The van der Waals surface area contributed by atoms with Gasteiger partial charge in [-0.25, -0.2) is 4.98 Å². The molecule has 1 fully saturated rings. The summed E-state index contributed by atoms with van der Waals surface area (Å²) >= 11 is 1.53. The van der Waals surface area contributed by atoms with Crippen molar-refractivity contribution >= 4 is 34.2 Å². The number of rotatable bonds is 5. The van der Waals surface area contributed by atoms with Gasteiger partial charge in [-0.05, 0) is 17.7 Å². The van der Waals surface area contributed by atoms with Crippen LogP contribution < -0.4 is 0 Å². The maximum atomic E-state index is 13.0. The first-order valence-electron chi connectivity index (χ1n) is 10.9. The fourth-order valence-corrected chi connectivity index (χ4v) is 5.03. The molecule has 162 valence electrons. The van der Waals surface area contributed by atoms with Gasteiger partial charge in [0.05, 0.1) is 5.69 Å². The Morgan fingerprint density at radius 3 is 2.56 bits per heavy atom. The van der Waals surface area contributed by atoms with E-state index in [1.807, 2.05) is 47.7 Å². The molecule has 2 aromatic carbocycles. The summed E-state index contributed by atoms with van der Waals surface area (Å²) in [6, 6.07) is 20.8. The average Bonchev–Trinajstić information content (AvgIpc) is 3.45. The summed E-state index contributed by atoms with van der Waals surface area (Å²) < 4.78 is 2.14. The Hall–Kier alpha value is -3.22. The highest BCUT2D eigenvalue weighted by atomic mass is 32.1. The lowest BCUT2D eigenvalue weighted by Crippen LogP contribution is -2.48. The van der Waals surface area contributed by atoms with Gasteiger partial charge < -0.3 is 9.47 Å². The van der Waals surface area contributed by atoms with Crippen molar-refractivity contribution in [1.82, 2.24) is 19.4 Å². The molecule has 0 spiro atoms. The fraction of sp³-hybridized carbons (Fsp3) is 0.231. The predicted octanol–water partition coefficient (Wildman–Crippen LogP) is 4.77. The molecule has 1 amide bonds.